The minimum Gasteiger partial charge on any atom is -0.343 e. The van der Waals surface area contributed by atoms with Crippen molar-refractivity contribution >= 4 is 26.8 Å². The molecule has 102 valence electrons. The van der Waals surface area contributed by atoms with Crippen LogP contribution < -0.4 is 5.73 Å². The monoisotopic (exact) mass is 328 g/mol. The standard InChI is InChI=1S/C17H17BrN2/c18-16-5-2-14(3-6-16)12-20-10-8-15-4-1-13(7-9-19)11-17(15)20/h1-6,8,10-11H,7,9,12,19H2. The molecule has 0 atom stereocenters. The lowest BCUT2D eigenvalue weighted by atomic mass is 10.1. The Morgan fingerprint density at radius 3 is 2.45 bits per heavy atom. The minimum absolute atomic E-state index is 0.693. The first-order valence-electron chi connectivity index (χ1n) is 6.78. The lowest BCUT2D eigenvalue weighted by Crippen LogP contribution is -2.03. The molecule has 0 aliphatic carbocycles. The molecule has 2 aromatic carbocycles. The molecule has 3 heteroatoms. The molecule has 0 aliphatic rings. The predicted octanol–water partition coefficient (Wildman–Crippen LogP) is 3.95. The number of nitrogens with two attached hydrogens (primary N) is 1. The molecule has 0 radical (unpaired) electrons. The van der Waals surface area contributed by atoms with Gasteiger partial charge in [-0.25, -0.2) is 0 Å². The maximum atomic E-state index is 5.64. The Kier molecular flexibility index (Phi) is 3.90. The Balaban J connectivity index is 1.94. The molecule has 0 saturated carbocycles. The molecule has 0 aliphatic heterocycles. The van der Waals surface area contributed by atoms with Gasteiger partial charge in [-0.05, 0) is 53.7 Å². The Hall–Kier alpha value is -1.58. The van der Waals surface area contributed by atoms with Gasteiger partial charge in [0.1, 0.15) is 0 Å². The fourth-order valence-corrected chi connectivity index (χ4v) is 2.74. The van der Waals surface area contributed by atoms with Crippen LogP contribution in [0.25, 0.3) is 10.9 Å². The first kappa shape index (κ1) is 13.4. The van der Waals surface area contributed by atoms with Crippen molar-refractivity contribution in [3.05, 3.63) is 70.3 Å². The molecule has 0 amide bonds. The van der Waals surface area contributed by atoms with Gasteiger partial charge in [0.05, 0.1) is 0 Å². The van der Waals surface area contributed by atoms with Crippen molar-refractivity contribution in [3.63, 3.8) is 0 Å². The molecule has 0 saturated heterocycles. The average molecular weight is 329 g/mol. The van der Waals surface area contributed by atoms with E-state index >= 15 is 0 Å². The van der Waals surface area contributed by atoms with Crippen LogP contribution in [0.4, 0.5) is 0 Å². The van der Waals surface area contributed by atoms with E-state index < -0.39 is 0 Å². The minimum atomic E-state index is 0.693. The third kappa shape index (κ3) is 2.79. The molecule has 0 unspecified atom stereocenters. The summed E-state index contributed by atoms with van der Waals surface area (Å²) in [7, 11) is 0. The fourth-order valence-electron chi connectivity index (χ4n) is 2.48. The molecule has 3 aromatic rings. The number of aromatic nitrogens is 1. The first-order chi connectivity index (χ1) is 9.76. The number of hydrogen-bond acceptors (Lipinski definition) is 1. The largest absolute Gasteiger partial charge is 0.343 e. The predicted molar refractivity (Wildman–Crippen MR) is 87.9 cm³/mol. The van der Waals surface area contributed by atoms with E-state index in [0.717, 1.165) is 17.4 Å². The lowest BCUT2D eigenvalue weighted by Gasteiger charge is -2.07. The summed E-state index contributed by atoms with van der Waals surface area (Å²) in [6.07, 6.45) is 3.08. The van der Waals surface area contributed by atoms with E-state index in [9.17, 15) is 0 Å². The summed E-state index contributed by atoms with van der Waals surface area (Å²) < 4.78 is 3.40. The van der Waals surface area contributed by atoms with Gasteiger partial charge in [0.2, 0.25) is 0 Å². The maximum absolute atomic E-state index is 5.64. The third-order valence-corrected chi connectivity index (χ3v) is 4.07. The second-order valence-electron chi connectivity index (χ2n) is 5.00. The molecule has 0 fully saturated rings. The molecular weight excluding hydrogens is 312 g/mol. The highest BCUT2D eigenvalue weighted by Gasteiger charge is 2.03. The van der Waals surface area contributed by atoms with Crippen molar-refractivity contribution in [2.75, 3.05) is 6.54 Å². The molecule has 0 bridgehead atoms. The van der Waals surface area contributed by atoms with Crippen molar-refractivity contribution in [1.29, 1.82) is 0 Å². The van der Waals surface area contributed by atoms with Gasteiger partial charge in [-0.3, -0.25) is 0 Å². The van der Waals surface area contributed by atoms with E-state index in [1.165, 1.54) is 22.0 Å². The van der Waals surface area contributed by atoms with Gasteiger partial charge in [0.25, 0.3) is 0 Å². The molecule has 2 N–H and O–H groups in total. The zero-order chi connectivity index (χ0) is 13.9. The molecule has 0 spiro atoms. The van der Waals surface area contributed by atoms with Gasteiger partial charge in [0, 0.05) is 22.7 Å². The third-order valence-electron chi connectivity index (χ3n) is 3.54. The number of hydrogen-bond donors (Lipinski definition) is 1. The van der Waals surface area contributed by atoms with Crippen LogP contribution in [0, 0.1) is 0 Å². The summed E-state index contributed by atoms with van der Waals surface area (Å²) in [5, 5.41) is 1.28. The molecule has 1 aromatic heterocycles. The number of fused-ring (bicyclic) bond motifs is 1. The zero-order valence-corrected chi connectivity index (χ0v) is 12.8. The van der Waals surface area contributed by atoms with Crippen LogP contribution in [0.15, 0.2) is 59.2 Å². The van der Waals surface area contributed by atoms with E-state index in [2.05, 4.69) is 75.2 Å². The molecular formula is C17H17BrN2. The van der Waals surface area contributed by atoms with Crippen LogP contribution in [-0.2, 0) is 13.0 Å². The van der Waals surface area contributed by atoms with Crippen LogP contribution in [0.1, 0.15) is 11.1 Å². The van der Waals surface area contributed by atoms with Gasteiger partial charge in [-0.15, -0.1) is 0 Å². The SMILES string of the molecule is NCCc1ccc2ccn(Cc3ccc(Br)cc3)c2c1. The highest BCUT2D eigenvalue weighted by Crippen LogP contribution is 2.20. The summed E-state index contributed by atoms with van der Waals surface area (Å²) in [4.78, 5) is 0. The quantitative estimate of drug-likeness (QED) is 0.772. The van der Waals surface area contributed by atoms with Crippen LogP contribution in [0.3, 0.4) is 0 Å². The van der Waals surface area contributed by atoms with Crippen LogP contribution in [0.5, 0.6) is 0 Å². The van der Waals surface area contributed by atoms with Gasteiger partial charge in [-0.1, -0.05) is 40.2 Å². The molecule has 3 rings (SSSR count). The van der Waals surface area contributed by atoms with E-state index in [4.69, 9.17) is 5.73 Å². The van der Waals surface area contributed by atoms with Crippen molar-refractivity contribution in [2.24, 2.45) is 5.73 Å². The van der Waals surface area contributed by atoms with E-state index in [1.54, 1.807) is 0 Å². The molecule has 1 heterocycles. The second-order valence-corrected chi connectivity index (χ2v) is 5.92. The second kappa shape index (κ2) is 5.81. The summed E-state index contributed by atoms with van der Waals surface area (Å²) in [6, 6.07) is 17.2. The van der Waals surface area contributed by atoms with E-state index in [1.807, 2.05) is 0 Å². The smallest absolute Gasteiger partial charge is 0.0486 e. The summed E-state index contributed by atoms with van der Waals surface area (Å²) in [5.74, 6) is 0. The molecule has 2 nitrogen and oxygen atoms in total. The van der Waals surface area contributed by atoms with Gasteiger partial charge in [0.15, 0.2) is 0 Å². The fraction of sp³-hybridized carbons (Fsp3) is 0.176. The summed E-state index contributed by atoms with van der Waals surface area (Å²) >= 11 is 3.47. The van der Waals surface area contributed by atoms with Crippen LogP contribution in [-0.4, -0.2) is 11.1 Å². The average Bonchev–Trinajstić information content (AvgIpc) is 2.85. The Labute approximate surface area is 127 Å². The summed E-state index contributed by atoms with van der Waals surface area (Å²) in [6.45, 7) is 1.59. The maximum Gasteiger partial charge on any atom is 0.0486 e. The number of halogens is 1. The lowest BCUT2D eigenvalue weighted by molar-refractivity contribution is 0.835. The molecule has 20 heavy (non-hydrogen) atoms. The van der Waals surface area contributed by atoms with Crippen LogP contribution >= 0.6 is 15.9 Å². The summed E-state index contributed by atoms with van der Waals surface area (Å²) in [5.41, 5.74) is 9.52. The van der Waals surface area contributed by atoms with E-state index in [-0.39, 0.29) is 0 Å². The van der Waals surface area contributed by atoms with Crippen molar-refractivity contribution in [3.8, 4) is 0 Å². The van der Waals surface area contributed by atoms with E-state index in [0.29, 0.717) is 6.54 Å². The highest BCUT2D eigenvalue weighted by atomic mass is 79.9. The van der Waals surface area contributed by atoms with Crippen molar-refractivity contribution < 1.29 is 0 Å². The van der Waals surface area contributed by atoms with Crippen molar-refractivity contribution in [2.45, 2.75) is 13.0 Å². The Bertz CT molecular complexity index is 713. The highest BCUT2D eigenvalue weighted by molar-refractivity contribution is 9.10. The zero-order valence-electron chi connectivity index (χ0n) is 11.2. The first-order valence-corrected chi connectivity index (χ1v) is 7.58. The number of rotatable bonds is 4. The number of nitrogens with zero attached hydrogens (tertiary/aromatic N) is 1. The van der Waals surface area contributed by atoms with Gasteiger partial charge < -0.3 is 10.3 Å². The Morgan fingerprint density at radius 1 is 0.950 bits per heavy atom. The van der Waals surface area contributed by atoms with Gasteiger partial charge in [-0.2, -0.15) is 0 Å². The normalized spacial score (nSPS) is 11.1. The van der Waals surface area contributed by atoms with Crippen LogP contribution in [0.2, 0.25) is 0 Å². The van der Waals surface area contributed by atoms with Gasteiger partial charge >= 0.3 is 0 Å². The Morgan fingerprint density at radius 2 is 1.70 bits per heavy atom. The van der Waals surface area contributed by atoms with Crippen molar-refractivity contribution in [1.82, 2.24) is 4.57 Å². The number of benzene rings is 2. The topological polar surface area (TPSA) is 30.9 Å².